The first-order chi connectivity index (χ1) is 19.5. The lowest BCUT2D eigenvalue weighted by Gasteiger charge is -2.28. The van der Waals surface area contributed by atoms with Crippen LogP contribution >= 0.6 is 0 Å². The number of benzene rings is 3. The first-order valence-corrected chi connectivity index (χ1v) is 13.2. The predicted molar refractivity (Wildman–Crippen MR) is 148 cm³/mol. The van der Waals surface area contributed by atoms with Gasteiger partial charge in [-0.3, -0.25) is 14.5 Å². The number of nitrogens with zero attached hydrogens (tertiary/aromatic N) is 4. The molecule has 0 spiro atoms. The van der Waals surface area contributed by atoms with E-state index in [1.165, 1.54) is 9.58 Å². The van der Waals surface area contributed by atoms with Gasteiger partial charge in [0, 0.05) is 46.6 Å². The number of hydrogen-bond acceptors (Lipinski definition) is 6. The number of carbonyl (C=O) groups is 2. The summed E-state index contributed by atoms with van der Waals surface area (Å²) in [6.45, 7) is 5.01. The molecule has 214 valence electrons. The van der Waals surface area contributed by atoms with Gasteiger partial charge in [-0.2, -0.15) is 18.3 Å². The molecule has 1 aliphatic heterocycles. The van der Waals surface area contributed by atoms with Crippen LogP contribution in [0.25, 0.3) is 27.7 Å². The summed E-state index contributed by atoms with van der Waals surface area (Å²) < 4.78 is 54.4. The number of carbonyl (C=O) groups excluding carboxylic acids is 2. The molecule has 3 aromatic carbocycles. The predicted octanol–water partition coefficient (Wildman–Crippen LogP) is 5.67. The molecule has 1 aliphatic rings. The maximum Gasteiger partial charge on any atom is 0.435 e. The summed E-state index contributed by atoms with van der Waals surface area (Å²) in [6.07, 6.45) is -4.72. The van der Waals surface area contributed by atoms with E-state index < -0.39 is 23.7 Å². The molecular weight excluding hydrogens is 537 g/mol. The summed E-state index contributed by atoms with van der Waals surface area (Å²) in [4.78, 5) is 29.8. The molecule has 4 aromatic rings. The molecule has 11 heteroatoms. The first-order valence-electron chi connectivity index (χ1n) is 13.2. The molecular formula is C30H29F3N4O4. The highest BCUT2D eigenvalue weighted by molar-refractivity contribution is 6.26. The van der Waals surface area contributed by atoms with E-state index in [1.807, 2.05) is 19.0 Å². The van der Waals surface area contributed by atoms with Crippen LogP contribution in [0, 0.1) is 0 Å². The molecule has 0 fully saturated rings. The van der Waals surface area contributed by atoms with Crippen molar-refractivity contribution in [3.63, 3.8) is 0 Å². The van der Waals surface area contributed by atoms with E-state index in [0.717, 1.165) is 6.07 Å². The fourth-order valence-electron chi connectivity index (χ4n) is 4.95. The van der Waals surface area contributed by atoms with Crippen molar-refractivity contribution in [2.24, 2.45) is 0 Å². The van der Waals surface area contributed by atoms with Crippen molar-refractivity contribution >= 4 is 22.6 Å². The highest BCUT2D eigenvalue weighted by Crippen LogP contribution is 2.39. The Balaban J connectivity index is 1.72. The largest absolute Gasteiger partial charge is 0.494 e. The third-order valence-corrected chi connectivity index (χ3v) is 6.77. The Morgan fingerprint density at radius 2 is 1.51 bits per heavy atom. The van der Waals surface area contributed by atoms with E-state index in [9.17, 15) is 22.8 Å². The molecule has 0 N–H and O–H groups in total. The van der Waals surface area contributed by atoms with Crippen LogP contribution in [-0.4, -0.2) is 71.8 Å². The van der Waals surface area contributed by atoms with Crippen LogP contribution in [0.1, 0.15) is 40.3 Å². The van der Waals surface area contributed by atoms with Gasteiger partial charge in [-0.1, -0.05) is 12.1 Å². The second-order valence-electron chi connectivity index (χ2n) is 9.81. The molecule has 0 aliphatic carbocycles. The van der Waals surface area contributed by atoms with Crippen molar-refractivity contribution in [3.05, 3.63) is 71.4 Å². The molecule has 2 amide bonds. The van der Waals surface area contributed by atoms with Gasteiger partial charge in [0.05, 0.1) is 24.6 Å². The maximum absolute atomic E-state index is 14.0. The lowest BCUT2D eigenvalue weighted by molar-refractivity contribution is -0.141. The van der Waals surface area contributed by atoms with Gasteiger partial charge in [-0.25, -0.2) is 4.68 Å². The first kappa shape index (κ1) is 28.2. The normalized spacial score (nSPS) is 13.4. The van der Waals surface area contributed by atoms with Crippen molar-refractivity contribution in [2.75, 3.05) is 40.4 Å². The maximum atomic E-state index is 14.0. The standard InChI is InChI=1S/C30H29F3N4O4/c1-5-40-19-14-18(15-20(16-19)41-6-2)25-17-26(30(31,32)33)34-37(25)24-11-10-23-27-21(24)8-7-9-22(27)28(38)36(29(23)39)13-12-35(3)4/h7-11,14-17H,5-6,12-13H2,1-4H3. The van der Waals surface area contributed by atoms with Crippen LogP contribution in [0.15, 0.2) is 54.6 Å². The molecule has 2 heterocycles. The Morgan fingerprint density at radius 3 is 2.10 bits per heavy atom. The molecule has 0 saturated carbocycles. The van der Waals surface area contributed by atoms with Gasteiger partial charge in [0.2, 0.25) is 0 Å². The molecule has 5 rings (SSSR count). The van der Waals surface area contributed by atoms with Gasteiger partial charge in [0.1, 0.15) is 11.5 Å². The van der Waals surface area contributed by atoms with Crippen molar-refractivity contribution < 1.29 is 32.2 Å². The van der Waals surface area contributed by atoms with Gasteiger partial charge in [0.15, 0.2) is 5.69 Å². The summed E-state index contributed by atoms with van der Waals surface area (Å²) in [5.41, 5.74) is 0.346. The molecule has 0 atom stereocenters. The average molecular weight is 567 g/mol. The van der Waals surface area contributed by atoms with Crippen molar-refractivity contribution in [2.45, 2.75) is 20.0 Å². The van der Waals surface area contributed by atoms with Gasteiger partial charge in [-0.15, -0.1) is 0 Å². The summed E-state index contributed by atoms with van der Waals surface area (Å²) in [7, 11) is 3.69. The number of likely N-dealkylation sites (N-methyl/N-ethyl adjacent to an activating group) is 1. The molecule has 0 radical (unpaired) electrons. The van der Waals surface area contributed by atoms with E-state index in [2.05, 4.69) is 5.10 Å². The monoisotopic (exact) mass is 566 g/mol. The number of ether oxygens (including phenoxy) is 2. The van der Waals surface area contributed by atoms with Crippen LogP contribution in [-0.2, 0) is 6.18 Å². The number of halogens is 3. The Kier molecular flexibility index (Phi) is 7.48. The fraction of sp³-hybridized carbons (Fsp3) is 0.300. The number of alkyl halides is 3. The molecule has 0 unspecified atom stereocenters. The van der Waals surface area contributed by atoms with Crippen LogP contribution < -0.4 is 9.47 Å². The van der Waals surface area contributed by atoms with E-state index in [4.69, 9.17) is 9.47 Å². The molecule has 0 saturated heterocycles. The summed E-state index contributed by atoms with van der Waals surface area (Å²) in [5.74, 6) is -0.0367. The minimum Gasteiger partial charge on any atom is -0.494 e. The Labute approximate surface area is 234 Å². The average Bonchev–Trinajstić information content (AvgIpc) is 3.38. The lowest BCUT2D eigenvalue weighted by Crippen LogP contribution is -2.43. The zero-order valence-corrected chi connectivity index (χ0v) is 23.1. The van der Waals surface area contributed by atoms with Crippen LogP contribution in [0.3, 0.4) is 0 Å². The number of rotatable bonds is 9. The third-order valence-electron chi connectivity index (χ3n) is 6.77. The number of hydrogen-bond donors (Lipinski definition) is 0. The van der Waals surface area contributed by atoms with E-state index in [0.29, 0.717) is 64.4 Å². The Morgan fingerprint density at radius 1 is 0.878 bits per heavy atom. The summed E-state index contributed by atoms with van der Waals surface area (Å²) in [6, 6.07) is 13.9. The van der Waals surface area contributed by atoms with Crippen LogP contribution in [0.4, 0.5) is 13.2 Å². The highest BCUT2D eigenvalue weighted by Gasteiger charge is 2.37. The van der Waals surface area contributed by atoms with Crippen LogP contribution in [0.2, 0.25) is 0 Å². The molecule has 41 heavy (non-hydrogen) atoms. The molecule has 1 aromatic heterocycles. The second-order valence-corrected chi connectivity index (χ2v) is 9.81. The van der Waals surface area contributed by atoms with E-state index in [1.54, 1.807) is 62.4 Å². The smallest absolute Gasteiger partial charge is 0.435 e. The lowest BCUT2D eigenvalue weighted by atomic mass is 9.93. The molecule has 8 nitrogen and oxygen atoms in total. The van der Waals surface area contributed by atoms with Crippen molar-refractivity contribution in [1.29, 1.82) is 0 Å². The van der Waals surface area contributed by atoms with Crippen molar-refractivity contribution in [3.8, 4) is 28.4 Å². The topological polar surface area (TPSA) is 76.9 Å². The van der Waals surface area contributed by atoms with E-state index in [-0.39, 0.29) is 12.2 Å². The SMILES string of the molecule is CCOc1cc(OCC)cc(-c2cc(C(F)(F)F)nn2-c2ccc3c4c(cccc24)C(=O)N(CCN(C)C)C3=O)c1. The second kappa shape index (κ2) is 10.9. The molecule has 0 bridgehead atoms. The number of amides is 2. The third kappa shape index (κ3) is 5.24. The van der Waals surface area contributed by atoms with Crippen molar-refractivity contribution in [1.82, 2.24) is 19.6 Å². The van der Waals surface area contributed by atoms with Gasteiger partial charge in [0.25, 0.3) is 11.8 Å². The Hall–Kier alpha value is -4.38. The van der Waals surface area contributed by atoms with Crippen LogP contribution in [0.5, 0.6) is 11.5 Å². The quantitative estimate of drug-likeness (QED) is 0.243. The minimum absolute atomic E-state index is 0.140. The minimum atomic E-state index is -4.72. The van der Waals surface area contributed by atoms with E-state index >= 15 is 0 Å². The zero-order valence-electron chi connectivity index (χ0n) is 23.1. The zero-order chi connectivity index (χ0) is 29.5. The van der Waals surface area contributed by atoms with Gasteiger partial charge in [-0.05, 0) is 64.3 Å². The number of imide groups is 1. The van der Waals surface area contributed by atoms with Gasteiger partial charge < -0.3 is 14.4 Å². The number of aromatic nitrogens is 2. The van der Waals surface area contributed by atoms with Gasteiger partial charge >= 0.3 is 6.18 Å². The summed E-state index contributed by atoms with van der Waals surface area (Å²) in [5, 5.41) is 4.77. The Bertz CT molecular complexity index is 1600. The fourth-order valence-corrected chi connectivity index (χ4v) is 4.95. The summed E-state index contributed by atoms with van der Waals surface area (Å²) >= 11 is 0. The highest BCUT2D eigenvalue weighted by atomic mass is 19.4.